The van der Waals surface area contributed by atoms with Crippen LogP contribution in [0.2, 0.25) is 0 Å². The largest absolute Gasteiger partial charge is 0.427 e. The zero-order valence-corrected chi connectivity index (χ0v) is 15.9. The molecule has 2 aromatic rings. The molecule has 0 radical (unpaired) electrons. The minimum absolute atomic E-state index is 0.0659. The van der Waals surface area contributed by atoms with Crippen LogP contribution in [0.5, 0.6) is 0 Å². The Kier molecular flexibility index (Phi) is 4.73. The van der Waals surface area contributed by atoms with Crippen LogP contribution in [0.3, 0.4) is 0 Å². The lowest BCUT2D eigenvalue weighted by molar-refractivity contribution is 0.0728. The fourth-order valence-corrected chi connectivity index (χ4v) is 3.98. The summed E-state index contributed by atoms with van der Waals surface area (Å²) in [6.07, 6.45) is 3.09. The molecule has 2 aliphatic heterocycles. The maximum atomic E-state index is 13.1. The first-order chi connectivity index (χ1) is 13.5. The molecule has 7 heteroatoms. The minimum Gasteiger partial charge on any atom is -0.427 e. The van der Waals surface area contributed by atoms with Crippen LogP contribution in [0.1, 0.15) is 56.4 Å². The van der Waals surface area contributed by atoms with Gasteiger partial charge < -0.3 is 14.1 Å². The van der Waals surface area contributed by atoms with E-state index < -0.39 is 5.63 Å². The molecule has 1 saturated heterocycles. The zero-order valence-electron chi connectivity index (χ0n) is 15.9. The number of pyridine rings is 1. The average molecular weight is 379 g/mol. The summed E-state index contributed by atoms with van der Waals surface area (Å²) >= 11 is 0. The number of amides is 1. The lowest BCUT2D eigenvalue weighted by Crippen LogP contribution is -2.39. The Labute approximate surface area is 162 Å². The molecule has 0 aliphatic carbocycles. The van der Waals surface area contributed by atoms with E-state index in [1.165, 1.54) is 0 Å². The highest BCUT2D eigenvalue weighted by atomic mass is 16.5. The number of hydrogen-bond donors (Lipinski definition) is 0. The number of carbonyl (C=O) groups is 1. The van der Waals surface area contributed by atoms with E-state index in [1.807, 2.05) is 6.92 Å². The molecule has 7 nitrogen and oxygen atoms in total. The van der Waals surface area contributed by atoms with E-state index in [0.29, 0.717) is 55.3 Å². The van der Waals surface area contributed by atoms with E-state index in [2.05, 4.69) is 11.1 Å². The van der Waals surface area contributed by atoms with Gasteiger partial charge in [0.1, 0.15) is 17.4 Å². The van der Waals surface area contributed by atoms with Crippen molar-refractivity contribution in [2.24, 2.45) is 0 Å². The van der Waals surface area contributed by atoms with Gasteiger partial charge in [-0.2, -0.15) is 5.26 Å². The monoisotopic (exact) mass is 379 g/mol. The summed E-state index contributed by atoms with van der Waals surface area (Å²) in [5.41, 5.74) is 3.17. The van der Waals surface area contributed by atoms with E-state index in [4.69, 9.17) is 9.15 Å². The van der Waals surface area contributed by atoms with Gasteiger partial charge in [0.25, 0.3) is 5.91 Å². The molecule has 144 valence electrons. The van der Waals surface area contributed by atoms with Gasteiger partial charge in [-0.3, -0.25) is 9.78 Å². The quantitative estimate of drug-likeness (QED) is 0.794. The second kappa shape index (κ2) is 7.21. The molecule has 0 bridgehead atoms. The van der Waals surface area contributed by atoms with Crippen molar-refractivity contribution in [3.8, 4) is 6.07 Å². The third-order valence-electron chi connectivity index (χ3n) is 5.57. The van der Waals surface area contributed by atoms with Crippen LogP contribution in [-0.4, -0.2) is 35.5 Å². The maximum absolute atomic E-state index is 13.1. The highest BCUT2D eigenvalue weighted by Crippen LogP contribution is 2.27. The normalized spacial score (nSPS) is 18.6. The first-order valence-electron chi connectivity index (χ1n) is 9.38. The fraction of sp³-hybridized carbons (Fsp3) is 0.429. The van der Waals surface area contributed by atoms with Crippen molar-refractivity contribution < 1.29 is 13.9 Å². The van der Waals surface area contributed by atoms with Crippen molar-refractivity contribution in [3.63, 3.8) is 0 Å². The molecule has 2 aromatic heterocycles. The molecular formula is C21H21N3O4. The van der Waals surface area contributed by atoms with Gasteiger partial charge in [-0.25, -0.2) is 4.79 Å². The fourth-order valence-electron chi connectivity index (χ4n) is 3.98. The number of carbonyl (C=O) groups excluding carboxylic acids is 1. The molecule has 0 aromatic carbocycles. The zero-order chi connectivity index (χ0) is 19.8. The van der Waals surface area contributed by atoms with Crippen LogP contribution in [0.15, 0.2) is 21.5 Å². The third kappa shape index (κ3) is 3.10. The van der Waals surface area contributed by atoms with E-state index in [-0.39, 0.29) is 17.4 Å². The summed E-state index contributed by atoms with van der Waals surface area (Å²) in [4.78, 5) is 31.5. The Morgan fingerprint density at radius 2 is 2.21 bits per heavy atom. The molecule has 1 fully saturated rings. The Balaban J connectivity index is 1.62. The van der Waals surface area contributed by atoms with Crippen molar-refractivity contribution in [1.29, 1.82) is 5.26 Å². The number of rotatable bonds is 2. The first-order valence-corrected chi connectivity index (χ1v) is 9.38. The number of ether oxygens (including phenoxy) is 1. The van der Waals surface area contributed by atoms with Crippen molar-refractivity contribution >= 4 is 5.91 Å². The van der Waals surface area contributed by atoms with Crippen molar-refractivity contribution in [1.82, 2.24) is 9.88 Å². The van der Waals surface area contributed by atoms with E-state index in [1.54, 1.807) is 24.1 Å². The summed E-state index contributed by atoms with van der Waals surface area (Å²) < 4.78 is 10.8. The smallest absolute Gasteiger partial charge is 0.349 e. The van der Waals surface area contributed by atoms with Crippen molar-refractivity contribution in [3.05, 3.63) is 62.0 Å². The molecule has 0 saturated carbocycles. The standard InChI is InChI=1S/C21H21N3O4/c1-12-7-18(14-4-6-27-11-14)28-21(26)19(12)20(25)24-5-3-16-15(10-24)9-23-13(2)17(16)8-22/h7,9,14H,3-6,10-11H2,1-2H3. The molecule has 4 heterocycles. The number of nitriles is 1. The van der Waals surface area contributed by atoms with E-state index in [9.17, 15) is 14.9 Å². The summed E-state index contributed by atoms with van der Waals surface area (Å²) in [6.45, 7) is 5.53. The van der Waals surface area contributed by atoms with Crippen LogP contribution in [0.4, 0.5) is 0 Å². The number of nitrogens with zero attached hydrogens (tertiary/aromatic N) is 3. The molecular weight excluding hydrogens is 358 g/mol. The summed E-state index contributed by atoms with van der Waals surface area (Å²) in [5, 5.41) is 9.38. The molecule has 28 heavy (non-hydrogen) atoms. The molecule has 2 aliphatic rings. The Morgan fingerprint density at radius 1 is 1.39 bits per heavy atom. The van der Waals surface area contributed by atoms with Gasteiger partial charge in [-0.05, 0) is 49.4 Å². The Bertz CT molecular complexity index is 1040. The number of fused-ring (bicyclic) bond motifs is 1. The molecule has 0 N–H and O–H groups in total. The maximum Gasteiger partial charge on any atom is 0.349 e. The van der Waals surface area contributed by atoms with Gasteiger partial charge in [0.2, 0.25) is 0 Å². The lowest BCUT2D eigenvalue weighted by Gasteiger charge is -2.29. The van der Waals surface area contributed by atoms with Gasteiger partial charge in [-0.1, -0.05) is 0 Å². The van der Waals surface area contributed by atoms with Crippen LogP contribution in [0.25, 0.3) is 0 Å². The molecule has 1 atom stereocenters. The van der Waals surface area contributed by atoms with Crippen LogP contribution < -0.4 is 5.63 Å². The van der Waals surface area contributed by atoms with Crippen molar-refractivity contribution in [2.45, 2.75) is 39.2 Å². The number of aromatic nitrogens is 1. The highest BCUT2D eigenvalue weighted by molar-refractivity contribution is 5.95. The summed E-state index contributed by atoms with van der Waals surface area (Å²) in [5.74, 6) is 0.306. The topological polar surface area (TPSA) is 96.4 Å². The molecule has 1 amide bonds. The predicted octanol–water partition coefficient (Wildman–Crippen LogP) is 2.23. The average Bonchev–Trinajstić information content (AvgIpc) is 3.21. The lowest BCUT2D eigenvalue weighted by atomic mass is 9.95. The van der Waals surface area contributed by atoms with E-state index >= 15 is 0 Å². The first kappa shape index (κ1) is 18.4. The molecule has 4 rings (SSSR count). The van der Waals surface area contributed by atoms with Gasteiger partial charge in [0.05, 0.1) is 17.9 Å². The third-order valence-corrected chi connectivity index (χ3v) is 5.57. The molecule has 0 spiro atoms. The minimum atomic E-state index is -0.600. The van der Waals surface area contributed by atoms with Crippen LogP contribution >= 0.6 is 0 Å². The Hall–Kier alpha value is -2.98. The molecule has 1 unspecified atom stereocenters. The van der Waals surface area contributed by atoms with Gasteiger partial charge in [0, 0.05) is 31.8 Å². The number of aryl methyl sites for hydroxylation is 2. The second-order valence-electron chi connectivity index (χ2n) is 7.37. The Morgan fingerprint density at radius 3 is 2.89 bits per heavy atom. The van der Waals surface area contributed by atoms with Crippen molar-refractivity contribution in [2.75, 3.05) is 19.8 Å². The predicted molar refractivity (Wildman–Crippen MR) is 100 cm³/mol. The van der Waals surface area contributed by atoms with Gasteiger partial charge in [0.15, 0.2) is 0 Å². The van der Waals surface area contributed by atoms with E-state index in [0.717, 1.165) is 17.5 Å². The number of hydrogen-bond acceptors (Lipinski definition) is 6. The van der Waals surface area contributed by atoms with Gasteiger partial charge in [-0.15, -0.1) is 0 Å². The van der Waals surface area contributed by atoms with Crippen LogP contribution in [-0.2, 0) is 17.7 Å². The summed E-state index contributed by atoms with van der Waals surface area (Å²) in [7, 11) is 0. The highest BCUT2D eigenvalue weighted by Gasteiger charge is 2.29. The summed E-state index contributed by atoms with van der Waals surface area (Å²) in [6, 6.07) is 3.99. The second-order valence-corrected chi connectivity index (χ2v) is 7.37. The SMILES string of the molecule is Cc1cc(C2CCOC2)oc(=O)c1C(=O)N1CCc2c(cnc(C)c2C#N)C1. The van der Waals surface area contributed by atoms with Gasteiger partial charge >= 0.3 is 5.63 Å². The van der Waals surface area contributed by atoms with Crippen LogP contribution in [0, 0.1) is 25.2 Å².